The summed E-state index contributed by atoms with van der Waals surface area (Å²) < 4.78 is 6.02. The van der Waals surface area contributed by atoms with Crippen molar-refractivity contribution in [2.24, 2.45) is 0 Å². The summed E-state index contributed by atoms with van der Waals surface area (Å²) in [6, 6.07) is 7.31. The highest BCUT2D eigenvalue weighted by molar-refractivity contribution is 5.84. The Morgan fingerprint density at radius 1 is 1.47 bits per heavy atom. The van der Waals surface area contributed by atoms with Crippen LogP contribution in [0.15, 0.2) is 30.6 Å². The summed E-state index contributed by atoms with van der Waals surface area (Å²) in [5.74, 6) is -0.601. The van der Waals surface area contributed by atoms with Gasteiger partial charge < -0.3 is 9.84 Å². The maximum absolute atomic E-state index is 11.3. The number of hydrogen-bond acceptors (Lipinski definition) is 5. The quantitative estimate of drug-likeness (QED) is 0.844. The fourth-order valence-electron chi connectivity index (χ4n) is 1.76. The first-order chi connectivity index (χ1) is 9.17. The summed E-state index contributed by atoms with van der Waals surface area (Å²) in [7, 11) is 1.28. The second-order valence-corrected chi connectivity index (χ2v) is 3.99. The first-order valence-corrected chi connectivity index (χ1v) is 5.94. The molecule has 0 fully saturated rings. The summed E-state index contributed by atoms with van der Waals surface area (Å²) in [5.41, 5.74) is 1.44. The zero-order valence-electron chi connectivity index (χ0n) is 10.8. The Morgan fingerprint density at radius 2 is 2.21 bits per heavy atom. The molecule has 0 saturated heterocycles. The maximum Gasteiger partial charge on any atom is 0.377 e. The molecule has 0 bridgehead atoms. The van der Waals surface area contributed by atoms with Crippen molar-refractivity contribution in [1.29, 1.82) is 0 Å². The average Bonchev–Trinajstić information content (AvgIpc) is 2.95. The van der Waals surface area contributed by atoms with Crippen LogP contribution in [0.2, 0.25) is 0 Å². The molecule has 6 nitrogen and oxygen atoms in total. The minimum atomic E-state index is -0.590. The van der Waals surface area contributed by atoms with Crippen molar-refractivity contribution >= 4 is 5.97 Å². The van der Waals surface area contributed by atoms with Crippen LogP contribution in [-0.4, -0.2) is 33.0 Å². The van der Waals surface area contributed by atoms with E-state index in [9.17, 15) is 9.90 Å². The molecule has 0 radical (unpaired) electrons. The van der Waals surface area contributed by atoms with E-state index in [-0.39, 0.29) is 5.82 Å². The SMILES string of the molecule is CC[C@H](O)c1ccccc1-n1cnc(C(=O)OC)n1. The number of hydrogen-bond donors (Lipinski definition) is 1. The summed E-state index contributed by atoms with van der Waals surface area (Å²) in [4.78, 5) is 15.2. The molecule has 100 valence electrons. The third-order valence-corrected chi connectivity index (χ3v) is 2.79. The third-order valence-electron chi connectivity index (χ3n) is 2.79. The molecular weight excluding hydrogens is 246 g/mol. The van der Waals surface area contributed by atoms with Crippen LogP contribution in [0.4, 0.5) is 0 Å². The van der Waals surface area contributed by atoms with Crippen LogP contribution in [0.5, 0.6) is 0 Å². The molecular formula is C13H15N3O3. The predicted octanol–water partition coefficient (Wildman–Crippen LogP) is 1.50. The number of aliphatic hydroxyl groups is 1. The van der Waals surface area contributed by atoms with E-state index in [0.717, 1.165) is 5.56 Å². The van der Waals surface area contributed by atoms with E-state index in [4.69, 9.17) is 0 Å². The lowest BCUT2D eigenvalue weighted by Crippen LogP contribution is -2.07. The first kappa shape index (κ1) is 13.2. The molecule has 0 amide bonds. The zero-order valence-corrected chi connectivity index (χ0v) is 10.8. The first-order valence-electron chi connectivity index (χ1n) is 5.94. The van der Waals surface area contributed by atoms with Crippen molar-refractivity contribution in [3.8, 4) is 5.69 Å². The highest BCUT2D eigenvalue weighted by atomic mass is 16.5. The van der Waals surface area contributed by atoms with Gasteiger partial charge in [0.1, 0.15) is 6.33 Å². The maximum atomic E-state index is 11.3. The van der Waals surface area contributed by atoms with Crippen LogP contribution in [0.1, 0.15) is 35.6 Å². The molecule has 0 aliphatic carbocycles. The van der Waals surface area contributed by atoms with Gasteiger partial charge >= 0.3 is 5.97 Å². The van der Waals surface area contributed by atoms with Gasteiger partial charge in [-0.15, -0.1) is 5.10 Å². The van der Waals surface area contributed by atoms with Crippen LogP contribution in [0.3, 0.4) is 0 Å². The van der Waals surface area contributed by atoms with Crippen LogP contribution in [-0.2, 0) is 4.74 Å². The Hall–Kier alpha value is -2.21. The molecule has 0 aliphatic heterocycles. The molecule has 1 atom stereocenters. The number of benzene rings is 1. The number of aliphatic hydroxyl groups excluding tert-OH is 1. The van der Waals surface area contributed by atoms with Crippen LogP contribution in [0, 0.1) is 0 Å². The van der Waals surface area contributed by atoms with Gasteiger partial charge in [0, 0.05) is 5.56 Å². The molecule has 0 saturated carbocycles. The number of rotatable bonds is 4. The highest BCUT2D eigenvalue weighted by Gasteiger charge is 2.15. The fourth-order valence-corrected chi connectivity index (χ4v) is 1.76. The zero-order chi connectivity index (χ0) is 13.8. The lowest BCUT2D eigenvalue weighted by Gasteiger charge is -2.13. The molecule has 0 spiro atoms. The van der Waals surface area contributed by atoms with Crippen molar-refractivity contribution in [3.05, 3.63) is 42.0 Å². The van der Waals surface area contributed by atoms with Gasteiger partial charge in [0.15, 0.2) is 0 Å². The van der Waals surface area contributed by atoms with Gasteiger partial charge in [-0.3, -0.25) is 0 Å². The normalized spacial score (nSPS) is 12.2. The van der Waals surface area contributed by atoms with Gasteiger partial charge in [0.25, 0.3) is 5.82 Å². The standard InChI is InChI=1S/C13H15N3O3/c1-3-11(17)9-6-4-5-7-10(9)16-8-14-12(15-16)13(18)19-2/h4-8,11,17H,3H2,1-2H3/t11-/m0/s1. The van der Waals surface area contributed by atoms with Gasteiger partial charge in [0.2, 0.25) is 0 Å². The number of carbonyl (C=O) groups excluding carboxylic acids is 1. The molecule has 2 aromatic rings. The second-order valence-electron chi connectivity index (χ2n) is 3.99. The molecule has 1 heterocycles. The largest absolute Gasteiger partial charge is 0.463 e. The summed E-state index contributed by atoms with van der Waals surface area (Å²) in [6.45, 7) is 1.89. The molecule has 1 aromatic carbocycles. The van der Waals surface area contributed by atoms with Crippen molar-refractivity contribution in [1.82, 2.24) is 14.8 Å². The van der Waals surface area contributed by atoms with Crippen molar-refractivity contribution in [3.63, 3.8) is 0 Å². The smallest absolute Gasteiger partial charge is 0.377 e. The van der Waals surface area contributed by atoms with Crippen molar-refractivity contribution in [2.75, 3.05) is 7.11 Å². The molecule has 6 heteroatoms. The molecule has 0 unspecified atom stereocenters. The second kappa shape index (κ2) is 5.62. The number of esters is 1. The van der Waals surface area contributed by atoms with Gasteiger partial charge in [-0.25, -0.2) is 14.5 Å². The summed E-state index contributed by atoms with van der Waals surface area (Å²) in [5, 5.41) is 14.0. The van der Waals surface area contributed by atoms with E-state index >= 15 is 0 Å². The fraction of sp³-hybridized carbons (Fsp3) is 0.308. The predicted molar refractivity (Wildman–Crippen MR) is 67.9 cm³/mol. The Bertz CT molecular complexity index is 580. The summed E-state index contributed by atoms with van der Waals surface area (Å²) in [6.07, 6.45) is 1.44. The van der Waals surface area contributed by atoms with Crippen LogP contribution >= 0.6 is 0 Å². The number of carbonyl (C=O) groups is 1. The van der Waals surface area contributed by atoms with Crippen LogP contribution < -0.4 is 0 Å². The van der Waals surface area contributed by atoms with E-state index in [2.05, 4.69) is 14.8 Å². The Kier molecular flexibility index (Phi) is 3.91. The number of ether oxygens (including phenoxy) is 1. The number of para-hydroxylation sites is 1. The molecule has 1 N–H and O–H groups in total. The monoisotopic (exact) mass is 261 g/mol. The van der Waals surface area contributed by atoms with E-state index in [1.54, 1.807) is 0 Å². The van der Waals surface area contributed by atoms with E-state index in [1.807, 2.05) is 31.2 Å². The Labute approximate surface area is 110 Å². The van der Waals surface area contributed by atoms with Gasteiger partial charge in [0.05, 0.1) is 18.9 Å². The number of methoxy groups -OCH3 is 1. The van der Waals surface area contributed by atoms with Crippen molar-refractivity contribution < 1.29 is 14.6 Å². The lowest BCUT2D eigenvalue weighted by atomic mass is 10.1. The van der Waals surface area contributed by atoms with Crippen LogP contribution in [0.25, 0.3) is 5.69 Å². The van der Waals surface area contributed by atoms with E-state index in [0.29, 0.717) is 12.1 Å². The Morgan fingerprint density at radius 3 is 2.89 bits per heavy atom. The van der Waals surface area contributed by atoms with Gasteiger partial charge in [-0.2, -0.15) is 0 Å². The molecule has 0 aliphatic rings. The molecule has 19 heavy (non-hydrogen) atoms. The minimum Gasteiger partial charge on any atom is -0.463 e. The number of nitrogens with zero attached hydrogens (tertiary/aromatic N) is 3. The third kappa shape index (κ3) is 2.63. The average molecular weight is 261 g/mol. The topological polar surface area (TPSA) is 77.2 Å². The molecule has 2 rings (SSSR count). The van der Waals surface area contributed by atoms with E-state index < -0.39 is 12.1 Å². The summed E-state index contributed by atoms with van der Waals surface area (Å²) >= 11 is 0. The highest BCUT2D eigenvalue weighted by Crippen LogP contribution is 2.23. The van der Waals surface area contributed by atoms with Crippen molar-refractivity contribution in [2.45, 2.75) is 19.4 Å². The van der Waals surface area contributed by atoms with Gasteiger partial charge in [-0.1, -0.05) is 25.1 Å². The minimum absolute atomic E-state index is 0.0108. The van der Waals surface area contributed by atoms with E-state index in [1.165, 1.54) is 18.1 Å². The molecule has 1 aromatic heterocycles. The lowest BCUT2D eigenvalue weighted by molar-refractivity contribution is 0.0587. The Balaban J connectivity index is 2.42. The van der Waals surface area contributed by atoms with Gasteiger partial charge in [-0.05, 0) is 12.5 Å². The number of aromatic nitrogens is 3.